The van der Waals surface area contributed by atoms with Gasteiger partial charge in [-0.2, -0.15) is 13.2 Å². The largest absolute Gasteiger partial charge is 0.417 e. The van der Waals surface area contributed by atoms with Crippen LogP contribution in [0.4, 0.5) is 13.2 Å². The van der Waals surface area contributed by atoms with E-state index in [0.29, 0.717) is 17.0 Å². The van der Waals surface area contributed by atoms with Crippen molar-refractivity contribution in [3.05, 3.63) is 40.1 Å². The first kappa shape index (κ1) is 13.1. The van der Waals surface area contributed by atoms with Crippen LogP contribution in [0, 0.1) is 0 Å². The second-order valence-corrected chi connectivity index (χ2v) is 4.34. The van der Waals surface area contributed by atoms with E-state index in [1.165, 1.54) is 18.2 Å². The molecular weight excluding hydrogens is 313 g/mol. The van der Waals surface area contributed by atoms with E-state index in [-0.39, 0.29) is 11.0 Å². The molecule has 0 radical (unpaired) electrons. The summed E-state index contributed by atoms with van der Waals surface area (Å²) in [5.74, 6) is 0.411. The van der Waals surface area contributed by atoms with E-state index >= 15 is 0 Å². The fourth-order valence-electron chi connectivity index (χ4n) is 1.48. The van der Waals surface area contributed by atoms with Gasteiger partial charge >= 0.3 is 6.18 Å². The van der Waals surface area contributed by atoms with Crippen molar-refractivity contribution in [2.75, 3.05) is 0 Å². The first-order valence-electron chi connectivity index (χ1n) is 4.95. The molecule has 0 fully saturated rings. The van der Waals surface area contributed by atoms with Gasteiger partial charge in [0.15, 0.2) is 5.76 Å². The summed E-state index contributed by atoms with van der Waals surface area (Å²) in [5.41, 5.74) is 5.23. The third kappa shape index (κ3) is 2.41. The molecule has 96 valence electrons. The maximum Gasteiger partial charge on any atom is 0.417 e. The lowest BCUT2D eigenvalue weighted by molar-refractivity contribution is -0.138. The van der Waals surface area contributed by atoms with Crippen LogP contribution in [0.2, 0.25) is 0 Å². The normalized spacial score (nSPS) is 11.8. The zero-order valence-electron chi connectivity index (χ0n) is 8.96. The molecule has 0 bridgehead atoms. The molecular formula is C11H8BrF3N2O. The Morgan fingerprint density at radius 1 is 1.33 bits per heavy atom. The van der Waals surface area contributed by atoms with Crippen molar-refractivity contribution in [1.82, 2.24) is 5.16 Å². The van der Waals surface area contributed by atoms with Crippen LogP contribution in [-0.4, -0.2) is 5.16 Å². The van der Waals surface area contributed by atoms with Gasteiger partial charge in [-0.1, -0.05) is 17.3 Å². The van der Waals surface area contributed by atoms with Gasteiger partial charge in [0.1, 0.15) is 5.69 Å². The molecule has 1 aromatic carbocycles. The van der Waals surface area contributed by atoms with Crippen LogP contribution in [0.15, 0.2) is 33.3 Å². The summed E-state index contributed by atoms with van der Waals surface area (Å²) in [6, 6.07) is 5.36. The third-order valence-corrected chi connectivity index (χ3v) is 3.19. The van der Waals surface area contributed by atoms with Gasteiger partial charge in [-0.3, -0.25) is 0 Å². The Morgan fingerprint density at radius 2 is 2.06 bits per heavy atom. The molecule has 0 amide bonds. The van der Waals surface area contributed by atoms with E-state index in [0.717, 1.165) is 6.07 Å². The van der Waals surface area contributed by atoms with E-state index in [1.54, 1.807) is 0 Å². The van der Waals surface area contributed by atoms with Crippen molar-refractivity contribution in [1.29, 1.82) is 0 Å². The van der Waals surface area contributed by atoms with Gasteiger partial charge in [0.05, 0.1) is 12.1 Å². The summed E-state index contributed by atoms with van der Waals surface area (Å²) in [6.45, 7) is 0.142. The molecule has 1 aromatic heterocycles. The van der Waals surface area contributed by atoms with Crippen molar-refractivity contribution in [3.63, 3.8) is 0 Å². The Bertz CT molecular complexity index is 566. The van der Waals surface area contributed by atoms with E-state index in [9.17, 15) is 13.2 Å². The minimum atomic E-state index is -4.42. The summed E-state index contributed by atoms with van der Waals surface area (Å²) in [7, 11) is 0. The highest BCUT2D eigenvalue weighted by molar-refractivity contribution is 9.10. The molecule has 0 aliphatic rings. The molecule has 0 atom stereocenters. The van der Waals surface area contributed by atoms with Crippen molar-refractivity contribution in [3.8, 4) is 11.3 Å². The number of nitrogens with two attached hydrogens (primary N) is 1. The predicted molar refractivity (Wildman–Crippen MR) is 62.5 cm³/mol. The Labute approximate surface area is 109 Å². The number of alkyl halides is 3. The fourth-order valence-corrected chi connectivity index (χ4v) is 2.18. The zero-order chi connectivity index (χ0) is 13.3. The average molecular weight is 321 g/mol. The van der Waals surface area contributed by atoms with Crippen molar-refractivity contribution >= 4 is 15.9 Å². The number of hydrogen-bond donors (Lipinski definition) is 1. The Morgan fingerprint density at radius 3 is 2.61 bits per heavy atom. The molecule has 3 nitrogen and oxygen atoms in total. The molecule has 0 aliphatic heterocycles. The van der Waals surface area contributed by atoms with Crippen molar-refractivity contribution < 1.29 is 17.7 Å². The molecule has 1 heterocycles. The van der Waals surface area contributed by atoms with Gasteiger partial charge in [0.2, 0.25) is 0 Å². The summed E-state index contributed by atoms with van der Waals surface area (Å²) in [4.78, 5) is 0. The molecule has 2 N–H and O–H groups in total. The second kappa shape index (κ2) is 4.74. The standard InChI is InChI=1S/C11H8BrF3N2O/c12-10-7(9-4-6(5-16)18-17-9)2-1-3-8(10)11(13,14)15/h1-4H,5,16H2. The van der Waals surface area contributed by atoms with Crippen molar-refractivity contribution in [2.45, 2.75) is 12.7 Å². The molecule has 0 saturated heterocycles. The van der Waals surface area contributed by atoms with Crippen LogP contribution in [0.5, 0.6) is 0 Å². The van der Waals surface area contributed by atoms with Crippen LogP contribution in [0.25, 0.3) is 11.3 Å². The molecule has 7 heteroatoms. The summed E-state index contributed by atoms with van der Waals surface area (Å²) >= 11 is 2.95. The summed E-state index contributed by atoms with van der Waals surface area (Å²) < 4.78 is 43.0. The lowest BCUT2D eigenvalue weighted by Crippen LogP contribution is -2.06. The van der Waals surface area contributed by atoms with Gasteiger partial charge < -0.3 is 10.3 Å². The van der Waals surface area contributed by atoms with Crippen molar-refractivity contribution in [2.24, 2.45) is 5.73 Å². The predicted octanol–water partition coefficient (Wildman–Crippen LogP) is 3.58. The number of nitrogens with zero attached hydrogens (tertiary/aromatic N) is 1. The third-order valence-electron chi connectivity index (χ3n) is 2.34. The van der Waals surface area contributed by atoms with Crippen LogP contribution in [-0.2, 0) is 12.7 Å². The average Bonchev–Trinajstić information content (AvgIpc) is 2.76. The van der Waals surface area contributed by atoms with E-state index in [2.05, 4.69) is 21.1 Å². The number of halogens is 4. The minimum absolute atomic E-state index is 0.0608. The van der Waals surface area contributed by atoms with Crippen LogP contribution < -0.4 is 5.73 Å². The lowest BCUT2D eigenvalue weighted by atomic mass is 10.1. The topological polar surface area (TPSA) is 52.0 Å². The highest BCUT2D eigenvalue weighted by atomic mass is 79.9. The first-order chi connectivity index (χ1) is 8.43. The van der Waals surface area contributed by atoms with Crippen LogP contribution in [0.3, 0.4) is 0 Å². The van der Waals surface area contributed by atoms with Crippen LogP contribution >= 0.6 is 15.9 Å². The second-order valence-electron chi connectivity index (χ2n) is 3.55. The molecule has 18 heavy (non-hydrogen) atoms. The van der Waals surface area contributed by atoms with Gasteiger partial charge in [0.25, 0.3) is 0 Å². The number of rotatable bonds is 2. The maximum absolute atomic E-state index is 12.7. The lowest BCUT2D eigenvalue weighted by Gasteiger charge is -2.10. The van der Waals surface area contributed by atoms with E-state index in [4.69, 9.17) is 10.3 Å². The minimum Gasteiger partial charge on any atom is -0.359 e. The molecule has 2 aromatic rings. The smallest absolute Gasteiger partial charge is 0.359 e. The number of benzene rings is 1. The maximum atomic E-state index is 12.7. The van der Waals surface area contributed by atoms with Gasteiger partial charge in [-0.05, 0) is 22.0 Å². The molecule has 2 rings (SSSR count). The summed E-state index contributed by atoms with van der Waals surface area (Å²) in [5, 5.41) is 3.69. The Hall–Kier alpha value is -1.34. The van der Waals surface area contributed by atoms with Crippen LogP contribution in [0.1, 0.15) is 11.3 Å². The molecule has 0 aliphatic carbocycles. The summed E-state index contributed by atoms with van der Waals surface area (Å²) in [6.07, 6.45) is -4.42. The SMILES string of the molecule is NCc1cc(-c2cccc(C(F)(F)F)c2Br)no1. The molecule has 0 saturated carbocycles. The van der Waals surface area contributed by atoms with E-state index < -0.39 is 11.7 Å². The Balaban J connectivity index is 2.52. The number of hydrogen-bond acceptors (Lipinski definition) is 3. The quantitative estimate of drug-likeness (QED) is 0.920. The fraction of sp³-hybridized carbons (Fsp3) is 0.182. The monoisotopic (exact) mass is 320 g/mol. The zero-order valence-corrected chi connectivity index (χ0v) is 10.5. The first-order valence-corrected chi connectivity index (χ1v) is 5.74. The highest BCUT2D eigenvalue weighted by Crippen LogP contribution is 2.39. The van der Waals surface area contributed by atoms with E-state index in [1.807, 2.05) is 0 Å². The van der Waals surface area contributed by atoms with Gasteiger partial charge in [-0.15, -0.1) is 0 Å². The van der Waals surface area contributed by atoms with Gasteiger partial charge in [-0.25, -0.2) is 0 Å². The Kier molecular flexibility index (Phi) is 3.45. The van der Waals surface area contributed by atoms with Gasteiger partial charge in [0, 0.05) is 16.1 Å². The highest BCUT2D eigenvalue weighted by Gasteiger charge is 2.34. The molecule has 0 unspecified atom stereocenters. The number of aromatic nitrogens is 1. The molecule has 0 spiro atoms.